The summed E-state index contributed by atoms with van der Waals surface area (Å²) in [6.07, 6.45) is 3.17. The van der Waals surface area contributed by atoms with E-state index in [2.05, 4.69) is 36.3 Å². The van der Waals surface area contributed by atoms with Gasteiger partial charge in [0.25, 0.3) is 0 Å². The molecule has 4 nitrogen and oxygen atoms in total. The molecule has 5 heteroatoms. The lowest BCUT2D eigenvalue weighted by Crippen LogP contribution is -2.23. The Kier molecular flexibility index (Phi) is 7.32. The van der Waals surface area contributed by atoms with Crippen molar-refractivity contribution in [3.63, 3.8) is 0 Å². The summed E-state index contributed by atoms with van der Waals surface area (Å²) in [6, 6.07) is 0.558. The highest BCUT2D eigenvalue weighted by molar-refractivity contribution is 7.11. The predicted octanol–water partition coefficient (Wildman–Crippen LogP) is 2.40. The first kappa shape index (κ1) is 14.5. The first-order chi connectivity index (χ1) is 8.22. The second-order valence-electron chi connectivity index (χ2n) is 4.35. The molecule has 98 valence electrons. The molecule has 0 spiro atoms. The van der Waals surface area contributed by atoms with Gasteiger partial charge in [-0.15, -0.1) is 10.2 Å². The Balaban J connectivity index is 2.16. The molecule has 0 unspecified atom stereocenters. The number of aryl methyl sites for hydroxylation is 1. The summed E-state index contributed by atoms with van der Waals surface area (Å²) in [7, 11) is 0. The molecule has 0 aliphatic rings. The van der Waals surface area contributed by atoms with E-state index in [0.29, 0.717) is 12.6 Å². The third-order valence-electron chi connectivity index (χ3n) is 2.20. The van der Waals surface area contributed by atoms with Crippen molar-refractivity contribution in [2.75, 3.05) is 13.2 Å². The number of nitrogens with one attached hydrogen (secondary N) is 1. The first-order valence-corrected chi connectivity index (χ1v) is 7.16. The van der Waals surface area contributed by atoms with E-state index in [1.54, 1.807) is 11.3 Å². The molecule has 17 heavy (non-hydrogen) atoms. The topological polar surface area (TPSA) is 47.0 Å². The lowest BCUT2D eigenvalue weighted by molar-refractivity contribution is 0.121. The summed E-state index contributed by atoms with van der Waals surface area (Å²) < 4.78 is 5.43. The molecule has 1 aromatic rings. The highest BCUT2D eigenvalue weighted by atomic mass is 32.1. The van der Waals surface area contributed by atoms with Crippen LogP contribution in [0.2, 0.25) is 0 Å². The SMILES string of the molecule is CCCOCc1nnc(CCCNC(C)C)s1. The van der Waals surface area contributed by atoms with Gasteiger partial charge in [0.05, 0.1) is 0 Å². The lowest BCUT2D eigenvalue weighted by Gasteiger charge is -2.05. The van der Waals surface area contributed by atoms with Gasteiger partial charge in [0.2, 0.25) is 0 Å². The minimum absolute atomic E-state index is 0.558. The number of hydrogen-bond acceptors (Lipinski definition) is 5. The summed E-state index contributed by atoms with van der Waals surface area (Å²) >= 11 is 1.67. The van der Waals surface area contributed by atoms with Crippen molar-refractivity contribution in [2.45, 2.75) is 52.7 Å². The molecule has 1 aromatic heterocycles. The Morgan fingerprint density at radius 2 is 2.06 bits per heavy atom. The molecule has 0 aliphatic heterocycles. The van der Waals surface area contributed by atoms with Gasteiger partial charge < -0.3 is 10.1 Å². The number of nitrogens with zero attached hydrogens (tertiary/aromatic N) is 2. The van der Waals surface area contributed by atoms with Crippen molar-refractivity contribution in [2.24, 2.45) is 0 Å². The summed E-state index contributed by atoms with van der Waals surface area (Å²) in [6.45, 7) is 8.87. The van der Waals surface area contributed by atoms with Crippen LogP contribution in [0.3, 0.4) is 0 Å². The quantitative estimate of drug-likeness (QED) is 0.690. The van der Waals surface area contributed by atoms with Gasteiger partial charge in [0.1, 0.15) is 16.6 Å². The fraction of sp³-hybridized carbons (Fsp3) is 0.833. The van der Waals surface area contributed by atoms with Gasteiger partial charge in [0.15, 0.2) is 0 Å². The smallest absolute Gasteiger partial charge is 0.143 e. The first-order valence-electron chi connectivity index (χ1n) is 6.34. The predicted molar refractivity (Wildman–Crippen MR) is 71.3 cm³/mol. The molecule has 0 atom stereocenters. The van der Waals surface area contributed by atoms with Crippen LogP contribution >= 0.6 is 11.3 Å². The minimum Gasteiger partial charge on any atom is -0.374 e. The van der Waals surface area contributed by atoms with Crippen LogP contribution in [0, 0.1) is 0 Å². The maximum atomic E-state index is 5.43. The van der Waals surface area contributed by atoms with Gasteiger partial charge >= 0.3 is 0 Å². The van der Waals surface area contributed by atoms with Gasteiger partial charge in [-0.25, -0.2) is 0 Å². The number of ether oxygens (including phenoxy) is 1. The zero-order chi connectivity index (χ0) is 12.5. The maximum Gasteiger partial charge on any atom is 0.143 e. The Labute approximate surface area is 108 Å². The third kappa shape index (κ3) is 6.71. The lowest BCUT2D eigenvalue weighted by atomic mass is 10.3. The van der Waals surface area contributed by atoms with Crippen LogP contribution in [0.25, 0.3) is 0 Å². The minimum atomic E-state index is 0.558. The van der Waals surface area contributed by atoms with Gasteiger partial charge in [-0.2, -0.15) is 0 Å². The Morgan fingerprint density at radius 1 is 1.29 bits per heavy atom. The van der Waals surface area contributed by atoms with Crippen LogP contribution in [0.1, 0.15) is 43.6 Å². The number of rotatable bonds is 9. The van der Waals surface area contributed by atoms with E-state index < -0.39 is 0 Å². The van der Waals surface area contributed by atoms with E-state index in [1.165, 1.54) is 0 Å². The highest BCUT2D eigenvalue weighted by Gasteiger charge is 2.04. The van der Waals surface area contributed by atoms with E-state index >= 15 is 0 Å². The van der Waals surface area contributed by atoms with Crippen LogP contribution in [0.15, 0.2) is 0 Å². The van der Waals surface area contributed by atoms with Crippen LogP contribution in [-0.4, -0.2) is 29.4 Å². The molecule has 0 bridgehead atoms. The van der Waals surface area contributed by atoms with Gasteiger partial charge in [-0.1, -0.05) is 32.1 Å². The third-order valence-corrected chi connectivity index (χ3v) is 3.16. The molecule has 0 amide bonds. The fourth-order valence-corrected chi connectivity index (χ4v) is 2.21. The molecule has 1 N–H and O–H groups in total. The van der Waals surface area contributed by atoms with E-state index in [1.807, 2.05) is 0 Å². The molecule has 0 aliphatic carbocycles. The Bertz CT molecular complexity index is 302. The van der Waals surface area contributed by atoms with Gasteiger partial charge in [0, 0.05) is 19.1 Å². The van der Waals surface area contributed by atoms with E-state index in [9.17, 15) is 0 Å². The van der Waals surface area contributed by atoms with E-state index in [-0.39, 0.29) is 0 Å². The molecule has 1 rings (SSSR count). The van der Waals surface area contributed by atoms with E-state index in [0.717, 1.165) is 42.4 Å². The molecule has 0 radical (unpaired) electrons. The number of hydrogen-bond donors (Lipinski definition) is 1. The van der Waals surface area contributed by atoms with Gasteiger partial charge in [-0.05, 0) is 19.4 Å². The number of aromatic nitrogens is 2. The summed E-state index contributed by atoms with van der Waals surface area (Å²) in [4.78, 5) is 0. The van der Waals surface area contributed by atoms with Gasteiger partial charge in [-0.3, -0.25) is 0 Å². The Morgan fingerprint density at radius 3 is 2.76 bits per heavy atom. The van der Waals surface area contributed by atoms with Crippen molar-refractivity contribution in [3.05, 3.63) is 10.0 Å². The normalized spacial score (nSPS) is 11.3. The fourth-order valence-electron chi connectivity index (χ4n) is 1.38. The highest BCUT2D eigenvalue weighted by Crippen LogP contribution is 2.12. The summed E-state index contributed by atoms with van der Waals surface area (Å²) in [5.41, 5.74) is 0. The van der Waals surface area contributed by atoms with Crippen molar-refractivity contribution in [3.8, 4) is 0 Å². The molecule has 0 fully saturated rings. The maximum absolute atomic E-state index is 5.43. The van der Waals surface area contributed by atoms with Crippen molar-refractivity contribution in [1.82, 2.24) is 15.5 Å². The molecule has 0 aromatic carbocycles. The standard InChI is InChI=1S/C12H23N3OS/c1-4-8-16-9-12-15-14-11(17-12)6-5-7-13-10(2)3/h10,13H,4-9H2,1-3H3. The molecular formula is C12H23N3OS. The van der Waals surface area contributed by atoms with Crippen molar-refractivity contribution in [1.29, 1.82) is 0 Å². The zero-order valence-corrected chi connectivity index (χ0v) is 11.8. The molecule has 1 heterocycles. The Hall–Kier alpha value is -0.520. The zero-order valence-electron chi connectivity index (χ0n) is 11.0. The molecule has 0 saturated carbocycles. The largest absolute Gasteiger partial charge is 0.374 e. The molecule has 0 saturated heterocycles. The second-order valence-corrected chi connectivity index (χ2v) is 5.50. The van der Waals surface area contributed by atoms with Crippen molar-refractivity contribution < 1.29 is 4.74 Å². The summed E-state index contributed by atoms with van der Waals surface area (Å²) in [5.74, 6) is 0. The van der Waals surface area contributed by atoms with Crippen LogP contribution < -0.4 is 5.32 Å². The van der Waals surface area contributed by atoms with Crippen LogP contribution in [0.5, 0.6) is 0 Å². The molecular weight excluding hydrogens is 234 g/mol. The average Bonchev–Trinajstić information content (AvgIpc) is 2.73. The van der Waals surface area contributed by atoms with Crippen molar-refractivity contribution >= 4 is 11.3 Å². The van der Waals surface area contributed by atoms with E-state index in [4.69, 9.17) is 4.74 Å². The summed E-state index contributed by atoms with van der Waals surface area (Å²) in [5, 5.41) is 13.8. The van der Waals surface area contributed by atoms with Crippen LogP contribution in [-0.2, 0) is 17.8 Å². The average molecular weight is 257 g/mol. The second kappa shape index (κ2) is 8.55. The van der Waals surface area contributed by atoms with Crippen LogP contribution in [0.4, 0.5) is 0 Å². The monoisotopic (exact) mass is 257 g/mol.